The van der Waals surface area contributed by atoms with Crippen LogP contribution in [0.5, 0.6) is 0 Å². The van der Waals surface area contributed by atoms with Gasteiger partial charge in [0.1, 0.15) is 0 Å². The standard InChI is InChI=1S/C22H30N2O3S/c1-17(2)15-16-23-22(25)14-11-19-9-12-21(13-10-19)28(26,27)24-18(3)20-7-5-4-6-8-20/h4-10,12-13,17-18,24H,11,14-16H2,1-3H3,(H,23,25). The molecule has 6 heteroatoms. The molecule has 0 aromatic heterocycles. The number of carbonyl (C=O) groups excluding carboxylic acids is 1. The molecule has 0 heterocycles. The molecule has 0 aliphatic rings. The second kappa shape index (κ2) is 10.4. The lowest BCUT2D eigenvalue weighted by Crippen LogP contribution is -2.27. The third-order valence-electron chi connectivity index (χ3n) is 4.55. The molecular formula is C22H30N2O3S. The highest BCUT2D eigenvalue weighted by Gasteiger charge is 2.18. The minimum atomic E-state index is -3.61. The Morgan fingerprint density at radius 1 is 0.964 bits per heavy atom. The summed E-state index contributed by atoms with van der Waals surface area (Å²) >= 11 is 0. The maximum absolute atomic E-state index is 12.6. The Labute approximate surface area is 168 Å². The Kier molecular flexibility index (Phi) is 8.20. The van der Waals surface area contributed by atoms with Crippen molar-refractivity contribution in [2.75, 3.05) is 6.54 Å². The first-order chi connectivity index (χ1) is 13.3. The lowest BCUT2D eigenvalue weighted by atomic mass is 10.1. The van der Waals surface area contributed by atoms with Crippen LogP contribution in [0.25, 0.3) is 0 Å². The number of carbonyl (C=O) groups is 1. The van der Waals surface area contributed by atoms with Gasteiger partial charge in [-0.1, -0.05) is 56.3 Å². The molecule has 28 heavy (non-hydrogen) atoms. The molecule has 0 aliphatic carbocycles. The van der Waals surface area contributed by atoms with Gasteiger partial charge in [-0.25, -0.2) is 13.1 Å². The summed E-state index contributed by atoms with van der Waals surface area (Å²) in [6, 6.07) is 15.8. The molecule has 1 amide bonds. The molecule has 0 saturated heterocycles. The molecule has 0 radical (unpaired) electrons. The topological polar surface area (TPSA) is 75.3 Å². The number of hydrogen-bond acceptors (Lipinski definition) is 3. The van der Waals surface area contributed by atoms with Gasteiger partial charge in [0, 0.05) is 19.0 Å². The smallest absolute Gasteiger partial charge is 0.241 e. The fourth-order valence-corrected chi connectivity index (χ4v) is 4.02. The number of benzene rings is 2. The largest absolute Gasteiger partial charge is 0.356 e. The van der Waals surface area contributed by atoms with Gasteiger partial charge in [-0.2, -0.15) is 0 Å². The molecule has 2 N–H and O–H groups in total. The highest BCUT2D eigenvalue weighted by molar-refractivity contribution is 7.89. The number of nitrogens with one attached hydrogen (secondary N) is 2. The van der Waals surface area contributed by atoms with E-state index in [2.05, 4.69) is 23.9 Å². The fraction of sp³-hybridized carbons (Fsp3) is 0.409. The third-order valence-corrected chi connectivity index (χ3v) is 6.11. The van der Waals surface area contributed by atoms with Gasteiger partial charge in [-0.15, -0.1) is 0 Å². The average Bonchev–Trinajstić information content (AvgIpc) is 2.67. The summed E-state index contributed by atoms with van der Waals surface area (Å²) in [6.07, 6.45) is 1.95. The molecule has 1 unspecified atom stereocenters. The molecule has 0 bridgehead atoms. The Morgan fingerprint density at radius 2 is 1.61 bits per heavy atom. The van der Waals surface area contributed by atoms with Crippen LogP contribution in [0.3, 0.4) is 0 Å². The van der Waals surface area contributed by atoms with Crippen molar-refractivity contribution in [3.63, 3.8) is 0 Å². The minimum absolute atomic E-state index is 0.0238. The van der Waals surface area contributed by atoms with Crippen molar-refractivity contribution >= 4 is 15.9 Å². The van der Waals surface area contributed by atoms with Crippen molar-refractivity contribution in [3.05, 3.63) is 65.7 Å². The van der Waals surface area contributed by atoms with E-state index in [1.54, 1.807) is 24.3 Å². The Morgan fingerprint density at radius 3 is 2.21 bits per heavy atom. The van der Waals surface area contributed by atoms with Crippen molar-refractivity contribution in [1.82, 2.24) is 10.0 Å². The Hall–Kier alpha value is -2.18. The van der Waals surface area contributed by atoms with Crippen LogP contribution in [0, 0.1) is 5.92 Å². The van der Waals surface area contributed by atoms with Gasteiger partial charge >= 0.3 is 0 Å². The summed E-state index contributed by atoms with van der Waals surface area (Å²) in [6.45, 7) is 6.76. The van der Waals surface area contributed by atoms with Crippen LogP contribution >= 0.6 is 0 Å². The monoisotopic (exact) mass is 402 g/mol. The number of sulfonamides is 1. The molecular weight excluding hydrogens is 372 g/mol. The lowest BCUT2D eigenvalue weighted by Gasteiger charge is -2.15. The summed E-state index contributed by atoms with van der Waals surface area (Å²) in [5, 5.41) is 2.91. The number of aryl methyl sites for hydroxylation is 1. The molecule has 0 saturated carbocycles. The van der Waals surface area contributed by atoms with E-state index >= 15 is 0 Å². The zero-order valence-electron chi connectivity index (χ0n) is 16.8. The number of hydrogen-bond donors (Lipinski definition) is 2. The third kappa shape index (κ3) is 7.09. The fourth-order valence-electron chi connectivity index (χ4n) is 2.79. The predicted octanol–water partition coefficient (Wildman–Crippen LogP) is 3.82. The molecule has 0 fully saturated rings. The van der Waals surface area contributed by atoms with Gasteiger partial charge in [-0.3, -0.25) is 4.79 Å². The lowest BCUT2D eigenvalue weighted by molar-refractivity contribution is -0.121. The SMILES string of the molecule is CC(C)CCNC(=O)CCc1ccc(S(=O)(=O)NC(C)c2ccccc2)cc1. The van der Waals surface area contributed by atoms with E-state index in [-0.39, 0.29) is 16.8 Å². The van der Waals surface area contributed by atoms with E-state index in [1.807, 2.05) is 37.3 Å². The van der Waals surface area contributed by atoms with E-state index in [0.717, 1.165) is 17.5 Å². The maximum atomic E-state index is 12.6. The zero-order chi connectivity index (χ0) is 20.6. The van der Waals surface area contributed by atoms with Gasteiger partial charge in [0.15, 0.2) is 0 Å². The number of rotatable bonds is 10. The summed E-state index contributed by atoms with van der Waals surface area (Å²) in [7, 11) is -3.61. The number of amides is 1. The summed E-state index contributed by atoms with van der Waals surface area (Å²) < 4.78 is 27.9. The van der Waals surface area contributed by atoms with Crippen molar-refractivity contribution in [3.8, 4) is 0 Å². The van der Waals surface area contributed by atoms with E-state index in [1.165, 1.54) is 0 Å². The summed E-state index contributed by atoms with van der Waals surface area (Å²) in [5.74, 6) is 0.587. The van der Waals surface area contributed by atoms with Crippen LogP contribution in [0.2, 0.25) is 0 Å². The van der Waals surface area contributed by atoms with Crippen molar-refractivity contribution < 1.29 is 13.2 Å². The summed E-state index contributed by atoms with van der Waals surface area (Å²) in [5.41, 5.74) is 1.85. The van der Waals surface area contributed by atoms with Gasteiger partial charge < -0.3 is 5.32 Å². The van der Waals surface area contributed by atoms with Crippen molar-refractivity contribution in [2.45, 2.75) is 51.0 Å². The average molecular weight is 403 g/mol. The first kappa shape index (κ1) is 22.1. The van der Waals surface area contributed by atoms with Gasteiger partial charge in [0.25, 0.3) is 0 Å². The Balaban J connectivity index is 1.89. The highest BCUT2D eigenvalue weighted by Crippen LogP contribution is 2.17. The molecule has 0 spiro atoms. The van der Waals surface area contributed by atoms with Crippen LogP contribution in [0.1, 0.15) is 50.8 Å². The van der Waals surface area contributed by atoms with Gasteiger partial charge in [-0.05, 0) is 48.9 Å². The van der Waals surface area contributed by atoms with Crippen molar-refractivity contribution in [1.29, 1.82) is 0 Å². The van der Waals surface area contributed by atoms with E-state index in [0.29, 0.717) is 25.3 Å². The first-order valence-corrected chi connectivity index (χ1v) is 11.2. The van der Waals surface area contributed by atoms with E-state index < -0.39 is 10.0 Å². The van der Waals surface area contributed by atoms with Crippen LogP contribution < -0.4 is 10.0 Å². The van der Waals surface area contributed by atoms with Crippen molar-refractivity contribution in [2.24, 2.45) is 5.92 Å². The maximum Gasteiger partial charge on any atom is 0.241 e. The summed E-state index contributed by atoms with van der Waals surface area (Å²) in [4.78, 5) is 12.1. The quantitative estimate of drug-likeness (QED) is 0.634. The zero-order valence-corrected chi connectivity index (χ0v) is 17.6. The van der Waals surface area contributed by atoms with Crippen LogP contribution in [-0.2, 0) is 21.2 Å². The minimum Gasteiger partial charge on any atom is -0.356 e. The van der Waals surface area contributed by atoms with E-state index in [9.17, 15) is 13.2 Å². The van der Waals surface area contributed by atoms with Crippen LogP contribution in [-0.4, -0.2) is 20.9 Å². The molecule has 0 aliphatic heterocycles. The molecule has 2 aromatic carbocycles. The van der Waals surface area contributed by atoms with Gasteiger partial charge in [0.2, 0.25) is 15.9 Å². The molecule has 2 aromatic rings. The van der Waals surface area contributed by atoms with Crippen LogP contribution in [0.4, 0.5) is 0 Å². The second-order valence-corrected chi connectivity index (χ2v) is 9.14. The van der Waals surface area contributed by atoms with Crippen LogP contribution in [0.15, 0.2) is 59.5 Å². The molecule has 1 atom stereocenters. The second-order valence-electron chi connectivity index (χ2n) is 7.43. The van der Waals surface area contributed by atoms with Gasteiger partial charge in [0.05, 0.1) is 4.90 Å². The molecule has 2 rings (SSSR count). The molecule has 152 valence electrons. The first-order valence-electron chi connectivity index (χ1n) is 9.71. The Bertz CT molecular complexity index is 847. The molecule has 5 nitrogen and oxygen atoms in total. The highest BCUT2D eigenvalue weighted by atomic mass is 32.2. The normalized spacial score (nSPS) is 12.7. The predicted molar refractivity (Wildman–Crippen MR) is 112 cm³/mol. The van der Waals surface area contributed by atoms with E-state index in [4.69, 9.17) is 0 Å².